The molecule has 0 saturated heterocycles. The van der Waals surface area contributed by atoms with Gasteiger partial charge in [0.2, 0.25) is 12.7 Å². The zero-order valence-electron chi connectivity index (χ0n) is 17.7. The van der Waals surface area contributed by atoms with E-state index < -0.39 is 0 Å². The molecule has 2 aromatic carbocycles. The zero-order valence-corrected chi connectivity index (χ0v) is 18.5. The van der Waals surface area contributed by atoms with Crippen LogP contribution in [0.25, 0.3) is 0 Å². The number of thioether (sulfide) groups is 1. The van der Waals surface area contributed by atoms with Crippen LogP contribution in [0, 0.1) is 13.8 Å². The predicted molar refractivity (Wildman–Crippen MR) is 118 cm³/mol. The van der Waals surface area contributed by atoms with Crippen LogP contribution in [-0.2, 0) is 17.9 Å². The summed E-state index contributed by atoms with van der Waals surface area (Å²) < 4.78 is 18.5. The molecule has 3 aromatic rings. The Morgan fingerprint density at radius 1 is 1.16 bits per heavy atom. The number of benzene rings is 2. The molecule has 0 aliphatic carbocycles. The minimum Gasteiger partial charge on any atom is -0.485 e. The Morgan fingerprint density at radius 3 is 2.81 bits per heavy atom. The Morgan fingerprint density at radius 2 is 2.00 bits per heavy atom. The van der Waals surface area contributed by atoms with Gasteiger partial charge in [0.15, 0.2) is 22.5 Å². The number of carbonyl (C=O) groups is 1. The maximum Gasteiger partial charge on any atom is 0.234 e. The number of hydrogen-bond acceptors (Lipinski definition) is 7. The lowest BCUT2D eigenvalue weighted by atomic mass is 10.1. The Labute approximate surface area is 184 Å². The lowest BCUT2D eigenvalue weighted by molar-refractivity contribution is -0.113. The van der Waals surface area contributed by atoms with Crippen LogP contribution >= 0.6 is 11.8 Å². The van der Waals surface area contributed by atoms with E-state index >= 15 is 0 Å². The van der Waals surface area contributed by atoms with E-state index in [0.29, 0.717) is 35.5 Å². The van der Waals surface area contributed by atoms with E-state index in [4.69, 9.17) is 14.2 Å². The first-order valence-electron chi connectivity index (χ1n) is 9.98. The smallest absolute Gasteiger partial charge is 0.234 e. The molecule has 0 spiro atoms. The van der Waals surface area contributed by atoms with Crippen LogP contribution in [0.15, 0.2) is 41.6 Å². The molecule has 1 N–H and O–H groups in total. The van der Waals surface area contributed by atoms with E-state index in [1.54, 1.807) is 18.2 Å². The van der Waals surface area contributed by atoms with E-state index in [1.165, 1.54) is 17.3 Å². The second-order valence-electron chi connectivity index (χ2n) is 7.11. The second-order valence-corrected chi connectivity index (χ2v) is 8.05. The van der Waals surface area contributed by atoms with Gasteiger partial charge in [0, 0.05) is 18.3 Å². The molecular formula is C22H24N4O4S. The Hall–Kier alpha value is -3.20. The van der Waals surface area contributed by atoms with Crippen molar-refractivity contribution in [3.05, 3.63) is 53.3 Å². The van der Waals surface area contributed by atoms with Crippen LogP contribution in [-0.4, -0.2) is 33.2 Å². The fraction of sp³-hybridized carbons (Fsp3) is 0.318. The quantitative estimate of drug-likeness (QED) is 0.531. The number of nitrogens with one attached hydrogen (secondary N) is 1. The fourth-order valence-corrected chi connectivity index (χ4v) is 4.08. The number of nitrogens with zero attached hydrogens (tertiary/aromatic N) is 3. The van der Waals surface area contributed by atoms with E-state index in [2.05, 4.69) is 28.5 Å². The number of rotatable bonds is 8. The number of aromatic nitrogens is 3. The number of fused-ring (bicyclic) bond motifs is 1. The highest BCUT2D eigenvalue weighted by atomic mass is 32.2. The van der Waals surface area contributed by atoms with Crippen LogP contribution in [0.4, 0.5) is 5.69 Å². The topological polar surface area (TPSA) is 87.5 Å². The molecule has 0 fully saturated rings. The van der Waals surface area contributed by atoms with Gasteiger partial charge < -0.3 is 24.1 Å². The third-order valence-corrected chi connectivity index (χ3v) is 5.75. The normalized spacial score (nSPS) is 12.1. The zero-order chi connectivity index (χ0) is 21.8. The Balaban J connectivity index is 1.34. The molecule has 1 aliphatic heterocycles. The number of amides is 1. The largest absolute Gasteiger partial charge is 0.485 e. The molecule has 2 heterocycles. The van der Waals surface area contributed by atoms with Gasteiger partial charge in [-0.1, -0.05) is 29.5 Å². The van der Waals surface area contributed by atoms with Gasteiger partial charge in [0.25, 0.3) is 0 Å². The van der Waals surface area contributed by atoms with Crippen molar-refractivity contribution >= 4 is 23.4 Å². The van der Waals surface area contributed by atoms with Gasteiger partial charge in [-0.05, 0) is 44.5 Å². The number of hydrogen-bond donors (Lipinski definition) is 1. The van der Waals surface area contributed by atoms with Crippen LogP contribution in [0.2, 0.25) is 0 Å². The molecule has 0 bridgehead atoms. The van der Waals surface area contributed by atoms with Gasteiger partial charge in [-0.25, -0.2) is 0 Å². The Bertz CT molecular complexity index is 1100. The highest BCUT2D eigenvalue weighted by Gasteiger charge is 2.16. The van der Waals surface area contributed by atoms with Crippen molar-refractivity contribution in [2.45, 2.75) is 39.1 Å². The number of aryl methyl sites for hydroxylation is 2. The highest BCUT2D eigenvalue weighted by molar-refractivity contribution is 7.99. The molecule has 4 rings (SSSR count). The molecule has 0 unspecified atom stereocenters. The minimum atomic E-state index is -0.136. The van der Waals surface area contributed by atoms with Gasteiger partial charge >= 0.3 is 0 Å². The summed E-state index contributed by atoms with van der Waals surface area (Å²) in [4.78, 5) is 12.4. The molecule has 8 nitrogen and oxygen atoms in total. The Kier molecular flexibility index (Phi) is 6.31. The fourth-order valence-electron chi connectivity index (χ4n) is 3.26. The standard InChI is InChI=1S/C22H24N4O4S/c1-4-26-20(11-28-17-7-5-14(2)9-15(17)3)24-25-22(26)31-12-21(27)23-16-6-8-18-19(10-16)30-13-29-18/h5-10H,4,11-13H2,1-3H3,(H,23,27). The molecule has 1 aromatic heterocycles. The van der Waals surface area contributed by atoms with Gasteiger partial charge in [0.05, 0.1) is 5.75 Å². The molecule has 0 saturated carbocycles. The summed E-state index contributed by atoms with van der Waals surface area (Å²) in [6, 6.07) is 11.4. The maximum absolute atomic E-state index is 12.4. The summed E-state index contributed by atoms with van der Waals surface area (Å²) in [5.41, 5.74) is 2.94. The molecule has 162 valence electrons. The number of ether oxygens (including phenoxy) is 3. The molecular weight excluding hydrogens is 416 g/mol. The van der Waals surface area contributed by atoms with Crippen molar-refractivity contribution in [1.82, 2.24) is 14.8 Å². The van der Waals surface area contributed by atoms with Crippen molar-refractivity contribution in [1.29, 1.82) is 0 Å². The van der Waals surface area contributed by atoms with Gasteiger partial charge in [-0.3, -0.25) is 4.79 Å². The predicted octanol–water partition coefficient (Wildman–Crippen LogP) is 3.95. The minimum absolute atomic E-state index is 0.136. The molecule has 1 aliphatic rings. The lowest BCUT2D eigenvalue weighted by Gasteiger charge is -2.11. The average molecular weight is 441 g/mol. The van der Waals surface area contributed by atoms with E-state index in [1.807, 2.05) is 30.5 Å². The first kappa shape index (κ1) is 21.0. The lowest BCUT2D eigenvalue weighted by Crippen LogP contribution is -2.15. The molecule has 1 amide bonds. The SMILES string of the molecule is CCn1c(COc2ccc(C)cc2C)nnc1SCC(=O)Nc1ccc2c(c1)OCO2. The average Bonchev–Trinajstić information content (AvgIpc) is 3.37. The summed E-state index contributed by atoms with van der Waals surface area (Å²) in [6.07, 6.45) is 0. The molecule has 31 heavy (non-hydrogen) atoms. The van der Waals surface area contributed by atoms with Crippen LogP contribution in [0.1, 0.15) is 23.9 Å². The van der Waals surface area contributed by atoms with Crippen LogP contribution in [0.3, 0.4) is 0 Å². The van der Waals surface area contributed by atoms with Gasteiger partial charge in [0.1, 0.15) is 12.4 Å². The molecule has 9 heteroatoms. The van der Waals surface area contributed by atoms with Crippen LogP contribution in [0.5, 0.6) is 17.2 Å². The van der Waals surface area contributed by atoms with Gasteiger partial charge in [-0.15, -0.1) is 10.2 Å². The van der Waals surface area contributed by atoms with E-state index in [9.17, 15) is 4.79 Å². The summed E-state index contributed by atoms with van der Waals surface area (Å²) >= 11 is 1.34. The summed E-state index contributed by atoms with van der Waals surface area (Å²) in [7, 11) is 0. The monoisotopic (exact) mass is 440 g/mol. The van der Waals surface area contributed by atoms with Crippen LogP contribution < -0.4 is 19.5 Å². The second kappa shape index (κ2) is 9.30. The first-order chi connectivity index (χ1) is 15.0. The number of anilines is 1. The van der Waals surface area contributed by atoms with Crippen molar-refractivity contribution < 1.29 is 19.0 Å². The molecule has 0 radical (unpaired) electrons. The van der Waals surface area contributed by atoms with Crippen molar-refractivity contribution in [3.63, 3.8) is 0 Å². The maximum atomic E-state index is 12.4. The molecule has 0 atom stereocenters. The van der Waals surface area contributed by atoms with Gasteiger partial charge in [-0.2, -0.15) is 0 Å². The first-order valence-corrected chi connectivity index (χ1v) is 11.0. The van der Waals surface area contributed by atoms with E-state index in [-0.39, 0.29) is 18.5 Å². The highest BCUT2D eigenvalue weighted by Crippen LogP contribution is 2.34. The summed E-state index contributed by atoms with van der Waals surface area (Å²) in [5, 5.41) is 12.0. The van der Waals surface area contributed by atoms with E-state index in [0.717, 1.165) is 17.1 Å². The van der Waals surface area contributed by atoms with Crippen molar-refractivity contribution in [3.8, 4) is 17.2 Å². The summed E-state index contributed by atoms with van der Waals surface area (Å²) in [6.45, 7) is 7.29. The van der Waals surface area contributed by atoms with Crippen molar-refractivity contribution in [2.75, 3.05) is 17.9 Å². The third kappa shape index (κ3) is 4.93. The third-order valence-electron chi connectivity index (χ3n) is 4.79. The number of carbonyl (C=O) groups excluding carboxylic acids is 1. The summed E-state index contributed by atoms with van der Waals surface area (Å²) in [5.74, 6) is 2.94. The van der Waals surface area contributed by atoms with Crippen molar-refractivity contribution in [2.24, 2.45) is 0 Å².